The molecular weight excluding hydrogens is 198 g/mol. The molecular formula is C14H25NO. The summed E-state index contributed by atoms with van der Waals surface area (Å²) in [5, 5.41) is 0. The Hall–Kier alpha value is -0.370. The molecule has 0 aromatic carbocycles. The summed E-state index contributed by atoms with van der Waals surface area (Å²) < 4.78 is 0. The molecule has 2 fully saturated rings. The highest BCUT2D eigenvalue weighted by Gasteiger charge is 2.21. The highest BCUT2D eigenvalue weighted by atomic mass is 16.1. The van der Waals surface area contributed by atoms with Crippen molar-refractivity contribution in [3.63, 3.8) is 0 Å². The first-order valence-electron chi connectivity index (χ1n) is 6.94. The molecule has 0 heterocycles. The topological polar surface area (TPSA) is 20.3 Å². The average molecular weight is 223 g/mol. The van der Waals surface area contributed by atoms with Gasteiger partial charge in [-0.25, -0.2) is 0 Å². The Morgan fingerprint density at radius 1 is 1.12 bits per heavy atom. The normalized spacial score (nSPS) is 23.8. The molecule has 2 rings (SSSR count). The van der Waals surface area contributed by atoms with E-state index in [-0.39, 0.29) is 0 Å². The maximum Gasteiger partial charge on any atom is 0.132 e. The van der Waals surface area contributed by atoms with Crippen molar-refractivity contribution in [2.24, 2.45) is 11.8 Å². The van der Waals surface area contributed by atoms with Gasteiger partial charge in [-0.2, -0.15) is 0 Å². The Balaban J connectivity index is 1.58. The second-order valence-corrected chi connectivity index (χ2v) is 5.83. The molecule has 2 saturated carbocycles. The maximum atomic E-state index is 11.1. The van der Waals surface area contributed by atoms with Crippen LogP contribution in [0.1, 0.15) is 51.4 Å². The quantitative estimate of drug-likeness (QED) is 0.714. The number of hydrogen-bond donors (Lipinski definition) is 0. The Labute approximate surface area is 99.4 Å². The molecule has 0 aromatic heterocycles. The van der Waals surface area contributed by atoms with Crippen LogP contribution in [0.25, 0.3) is 0 Å². The third kappa shape index (κ3) is 3.58. The standard InChI is InChI=1S/C14H25NO/c1-15(10-9-12-3-2-4-12)11-13-5-7-14(16)8-6-13/h12-13H,2-11H2,1H3. The van der Waals surface area contributed by atoms with Crippen LogP contribution in [0.2, 0.25) is 0 Å². The monoisotopic (exact) mass is 223 g/mol. The van der Waals surface area contributed by atoms with Crippen LogP contribution >= 0.6 is 0 Å². The summed E-state index contributed by atoms with van der Waals surface area (Å²) in [5.41, 5.74) is 0. The van der Waals surface area contributed by atoms with Crippen molar-refractivity contribution in [3.8, 4) is 0 Å². The van der Waals surface area contributed by atoms with E-state index in [2.05, 4.69) is 11.9 Å². The van der Waals surface area contributed by atoms with Crippen LogP contribution in [0, 0.1) is 11.8 Å². The van der Waals surface area contributed by atoms with Crippen molar-refractivity contribution < 1.29 is 4.79 Å². The Morgan fingerprint density at radius 3 is 2.38 bits per heavy atom. The van der Waals surface area contributed by atoms with Gasteiger partial charge in [0, 0.05) is 19.4 Å². The van der Waals surface area contributed by atoms with E-state index < -0.39 is 0 Å². The molecule has 0 bridgehead atoms. The number of nitrogens with zero attached hydrogens (tertiary/aromatic N) is 1. The summed E-state index contributed by atoms with van der Waals surface area (Å²) >= 11 is 0. The molecule has 2 aliphatic rings. The third-order valence-corrected chi connectivity index (χ3v) is 4.38. The lowest BCUT2D eigenvalue weighted by Crippen LogP contribution is -2.30. The first-order valence-corrected chi connectivity index (χ1v) is 6.94. The van der Waals surface area contributed by atoms with Crippen molar-refractivity contribution in [2.45, 2.75) is 51.4 Å². The highest BCUT2D eigenvalue weighted by Crippen LogP contribution is 2.29. The number of carbonyl (C=O) groups is 1. The van der Waals surface area contributed by atoms with Gasteiger partial charge in [0.05, 0.1) is 0 Å². The summed E-state index contributed by atoms with van der Waals surface area (Å²) in [7, 11) is 2.25. The molecule has 0 amide bonds. The molecule has 0 N–H and O–H groups in total. The fourth-order valence-electron chi connectivity index (χ4n) is 2.90. The van der Waals surface area contributed by atoms with Crippen molar-refractivity contribution >= 4 is 5.78 Å². The number of carbonyl (C=O) groups excluding carboxylic acids is 1. The van der Waals surface area contributed by atoms with E-state index in [9.17, 15) is 4.79 Å². The lowest BCUT2D eigenvalue weighted by atomic mass is 9.83. The van der Waals surface area contributed by atoms with Gasteiger partial charge in [0.2, 0.25) is 0 Å². The Bertz CT molecular complexity index is 225. The van der Waals surface area contributed by atoms with Crippen LogP contribution in [0.5, 0.6) is 0 Å². The molecule has 2 nitrogen and oxygen atoms in total. The van der Waals surface area contributed by atoms with Crippen LogP contribution in [0.4, 0.5) is 0 Å². The summed E-state index contributed by atoms with van der Waals surface area (Å²) in [4.78, 5) is 13.6. The highest BCUT2D eigenvalue weighted by molar-refractivity contribution is 5.79. The van der Waals surface area contributed by atoms with Crippen molar-refractivity contribution in [2.75, 3.05) is 20.1 Å². The largest absolute Gasteiger partial charge is 0.306 e. The SMILES string of the molecule is CN(CCC1CCC1)CC1CCC(=O)CC1. The molecule has 0 aliphatic heterocycles. The molecule has 92 valence electrons. The minimum Gasteiger partial charge on any atom is -0.306 e. The number of Topliss-reactive ketones (excluding diaryl/α,β-unsaturated/α-hetero) is 1. The first kappa shape index (κ1) is 12.1. The van der Waals surface area contributed by atoms with Crippen LogP contribution in [0.3, 0.4) is 0 Å². The van der Waals surface area contributed by atoms with E-state index in [1.165, 1.54) is 38.8 Å². The number of ketones is 1. The summed E-state index contributed by atoms with van der Waals surface area (Å²) in [6.45, 7) is 2.47. The molecule has 0 saturated heterocycles. The maximum absolute atomic E-state index is 11.1. The summed E-state index contributed by atoms with van der Waals surface area (Å²) in [6.07, 6.45) is 9.71. The zero-order chi connectivity index (χ0) is 11.4. The van der Waals surface area contributed by atoms with Crippen LogP contribution in [-0.4, -0.2) is 30.8 Å². The van der Waals surface area contributed by atoms with Gasteiger partial charge in [0.15, 0.2) is 0 Å². The summed E-state index contributed by atoms with van der Waals surface area (Å²) in [5.74, 6) is 2.29. The van der Waals surface area contributed by atoms with Gasteiger partial charge in [-0.3, -0.25) is 4.79 Å². The smallest absolute Gasteiger partial charge is 0.132 e. The van der Waals surface area contributed by atoms with Gasteiger partial charge in [-0.1, -0.05) is 19.3 Å². The zero-order valence-electron chi connectivity index (χ0n) is 10.6. The second kappa shape index (κ2) is 5.81. The lowest BCUT2D eigenvalue weighted by molar-refractivity contribution is -0.121. The molecule has 0 spiro atoms. The van der Waals surface area contributed by atoms with E-state index in [4.69, 9.17) is 0 Å². The zero-order valence-corrected chi connectivity index (χ0v) is 10.6. The molecule has 2 heteroatoms. The van der Waals surface area contributed by atoms with Gasteiger partial charge >= 0.3 is 0 Å². The van der Waals surface area contributed by atoms with Gasteiger partial charge in [0.1, 0.15) is 5.78 Å². The average Bonchev–Trinajstić information content (AvgIpc) is 2.19. The van der Waals surface area contributed by atoms with Gasteiger partial charge in [0.25, 0.3) is 0 Å². The molecule has 2 aliphatic carbocycles. The third-order valence-electron chi connectivity index (χ3n) is 4.38. The Kier molecular flexibility index (Phi) is 4.39. The predicted molar refractivity (Wildman–Crippen MR) is 66.4 cm³/mol. The van der Waals surface area contributed by atoms with Crippen molar-refractivity contribution in [1.29, 1.82) is 0 Å². The first-order chi connectivity index (χ1) is 7.74. The minimum absolute atomic E-state index is 0.480. The molecule has 0 unspecified atom stereocenters. The number of hydrogen-bond acceptors (Lipinski definition) is 2. The minimum atomic E-state index is 0.480. The van der Waals surface area contributed by atoms with E-state index >= 15 is 0 Å². The van der Waals surface area contributed by atoms with Crippen LogP contribution in [-0.2, 0) is 4.79 Å². The van der Waals surface area contributed by atoms with Gasteiger partial charge < -0.3 is 4.90 Å². The fraction of sp³-hybridized carbons (Fsp3) is 0.929. The van der Waals surface area contributed by atoms with Crippen LogP contribution in [0.15, 0.2) is 0 Å². The van der Waals surface area contributed by atoms with Crippen LogP contribution < -0.4 is 0 Å². The molecule has 0 radical (unpaired) electrons. The Morgan fingerprint density at radius 2 is 1.81 bits per heavy atom. The van der Waals surface area contributed by atoms with E-state index in [1.807, 2.05) is 0 Å². The van der Waals surface area contributed by atoms with Crippen molar-refractivity contribution in [3.05, 3.63) is 0 Å². The van der Waals surface area contributed by atoms with Gasteiger partial charge in [-0.15, -0.1) is 0 Å². The number of rotatable bonds is 5. The lowest BCUT2D eigenvalue weighted by Gasteiger charge is -2.30. The van der Waals surface area contributed by atoms with Crippen molar-refractivity contribution in [1.82, 2.24) is 4.90 Å². The molecule has 16 heavy (non-hydrogen) atoms. The fourth-order valence-corrected chi connectivity index (χ4v) is 2.90. The predicted octanol–water partition coefficient (Wildman–Crippen LogP) is 2.87. The van der Waals surface area contributed by atoms with Gasteiger partial charge in [-0.05, 0) is 44.7 Å². The molecule has 0 atom stereocenters. The second-order valence-electron chi connectivity index (χ2n) is 5.83. The summed E-state index contributed by atoms with van der Waals surface area (Å²) in [6, 6.07) is 0. The van der Waals surface area contributed by atoms with E-state index in [0.717, 1.165) is 37.5 Å². The van der Waals surface area contributed by atoms with E-state index in [1.54, 1.807) is 0 Å². The molecule has 0 aromatic rings. The van der Waals surface area contributed by atoms with E-state index in [0.29, 0.717) is 5.78 Å².